The summed E-state index contributed by atoms with van der Waals surface area (Å²) in [5.41, 5.74) is 3.72. The smallest absolute Gasteiger partial charge is 0.145 e. The van der Waals surface area contributed by atoms with E-state index in [1.54, 1.807) is 6.07 Å². The molecule has 112 valence electrons. The van der Waals surface area contributed by atoms with Gasteiger partial charge in [0.25, 0.3) is 0 Å². The van der Waals surface area contributed by atoms with Crippen LogP contribution in [-0.2, 0) is 13.0 Å². The molecule has 0 aliphatic heterocycles. The van der Waals surface area contributed by atoms with E-state index in [1.165, 1.54) is 0 Å². The van der Waals surface area contributed by atoms with E-state index in [1.807, 2.05) is 42.2 Å². The number of nitrogen functional groups attached to an aromatic ring is 1. The molecule has 0 radical (unpaired) electrons. The lowest BCUT2D eigenvalue weighted by Gasteiger charge is -2.23. The van der Waals surface area contributed by atoms with E-state index in [2.05, 4.69) is 15.4 Å². The van der Waals surface area contributed by atoms with Crippen LogP contribution in [0.4, 0.5) is 11.6 Å². The van der Waals surface area contributed by atoms with Crippen molar-refractivity contribution in [3.05, 3.63) is 47.8 Å². The number of anilines is 2. The van der Waals surface area contributed by atoms with E-state index in [9.17, 15) is 5.11 Å². The second-order valence-corrected chi connectivity index (χ2v) is 4.66. The summed E-state index contributed by atoms with van der Waals surface area (Å²) < 4.78 is 0. The number of benzene rings is 1. The van der Waals surface area contributed by atoms with Crippen LogP contribution in [0.25, 0.3) is 0 Å². The first-order valence-corrected chi connectivity index (χ1v) is 7.01. The van der Waals surface area contributed by atoms with Crippen molar-refractivity contribution in [1.82, 2.24) is 9.97 Å². The monoisotopic (exact) mass is 287 g/mol. The van der Waals surface area contributed by atoms with E-state index < -0.39 is 0 Å². The second kappa shape index (κ2) is 7.56. The van der Waals surface area contributed by atoms with Gasteiger partial charge in [0, 0.05) is 25.6 Å². The van der Waals surface area contributed by atoms with Gasteiger partial charge < -0.3 is 15.4 Å². The fourth-order valence-corrected chi connectivity index (χ4v) is 2.08. The van der Waals surface area contributed by atoms with Crippen LogP contribution in [0.2, 0.25) is 0 Å². The molecule has 1 aromatic carbocycles. The third-order valence-corrected chi connectivity index (χ3v) is 3.13. The number of nitrogens with one attached hydrogen (secondary N) is 1. The summed E-state index contributed by atoms with van der Waals surface area (Å²) in [6.45, 7) is 3.22. The highest BCUT2D eigenvalue weighted by molar-refractivity contribution is 5.49. The molecule has 0 bridgehead atoms. The van der Waals surface area contributed by atoms with Crippen molar-refractivity contribution in [2.24, 2.45) is 5.84 Å². The Kier molecular flexibility index (Phi) is 5.48. The molecule has 0 unspecified atom stereocenters. The molecule has 0 saturated carbocycles. The number of aromatic nitrogens is 2. The summed E-state index contributed by atoms with van der Waals surface area (Å²) in [6.07, 6.45) is 0.723. The number of hydrogen-bond donors (Lipinski definition) is 3. The first kappa shape index (κ1) is 15.2. The molecule has 2 aromatic rings. The minimum atomic E-state index is 0.0592. The maximum atomic E-state index is 9.30. The third kappa shape index (κ3) is 4.14. The Bertz CT molecular complexity index is 539. The Labute approximate surface area is 124 Å². The third-order valence-electron chi connectivity index (χ3n) is 3.13. The lowest BCUT2D eigenvalue weighted by atomic mass is 10.2. The van der Waals surface area contributed by atoms with Gasteiger partial charge in [0.15, 0.2) is 0 Å². The van der Waals surface area contributed by atoms with Gasteiger partial charge in [0.2, 0.25) is 0 Å². The highest BCUT2D eigenvalue weighted by Crippen LogP contribution is 2.18. The average Bonchev–Trinajstić information content (AvgIpc) is 2.55. The van der Waals surface area contributed by atoms with Crippen LogP contribution < -0.4 is 16.2 Å². The van der Waals surface area contributed by atoms with Crippen LogP contribution >= 0.6 is 0 Å². The van der Waals surface area contributed by atoms with Crippen molar-refractivity contribution < 1.29 is 5.11 Å². The van der Waals surface area contributed by atoms with Gasteiger partial charge in [-0.15, -0.1) is 0 Å². The molecule has 0 spiro atoms. The first-order chi connectivity index (χ1) is 10.3. The number of rotatable bonds is 7. The maximum absolute atomic E-state index is 9.30. The number of hydrazine groups is 1. The van der Waals surface area contributed by atoms with Gasteiger partial charge >= 0.3 is 0 Å². The molecule has 4 N–H and O–H groups in total. The molecular formula is C15H21N5O. The molecule has 1 heterocycles. The van der Waals surface area contributed by atoms with E-state index in [0.717, 1.165) is 23.6 Å². The average molecular weight is 287 g/mol. The quantitative estimate of drug-likeness (QED) is 0.526. The van der Waals surface area contributed by atoms with E-state index >= 15 is 0 Å². The number of nitrogens with zero attached hydrogens (tertiary/aromatic N) is 3. The molecule has 1 aromatic heterocycles. The molecule has 0 fully saturated rings. The fourth-order valence-electron chi connectivity index (χ4n) is 2.08. The molecule has 2 rings (SSSR count). The topological polar surface area (TPSA) is 87.3 Å². The molecule has 21 heavy (non-hydrogen) atoms. The maximum Gasteiger partial charge on any atom is 0.145 e. The summed E-state index contributed by atoms with van der Waals surface area (Å²) in [5.74, 6) is 7.51. The van der Waals surface area contributed by atoms with Crippen LogP contribution in [0.15, 0.2) is 36.4 Å². The zero-order valence-electron chi connectivity index (χ0n) is 12.2. The summed E-state index contributed by atoms with van der Waals surface area (Å²) in [6, 6.07) is 11.9. The van der Waals surface area contributed by atoms with Crippen molar-refractivity contribution in [3.8, 4) is 0 Å². The highest BCUT2D eigenvalue weighted by Gasteiger charge is 2.11. The molecule has 6 heteroatoms. The van der Waals surface area contributed by atoms with Gasteiger partial charge in [-0.3, -0.25) is 0 Å². The molecule has 0 saturated heterocycles. The van der Waals surface area contributed by atoms with Crippen molar-refractivity contribution in [2.75, 3.05) is 23.5 Å². The van der Waals surface area contributed by atoms with Crippen LogP contribution in [0.3, 0.4) is 0 Å². The predicted molar refractivity (Wildman–Crippen MR) is 83.8 cm³/mol. The van der Waals surface area contributed by atoms with Crippen LogP contribution in [0.1, 0.15) is 18.3 Å². The zero-order valence-corrected chi connectivity index (χ0v) is 12.2. The van der Waals surface area contributed by atoms with E-state index in [0.29, 0.717) is 18.9 Å². The molecule has 0 aliphatic carbocycles. The Morgan fingerprint density at radius 3 is 2.62 bits per heavy atom. The molecule has 0 amide bonds. The Morgan fingerprint density at radius 2 is 2.00 bits per heavy atom. The number of aliphatic hydroxyl groups excluding tert-OH is 1. The predicted octanol–water partition coefficient (Wildman–Crippen LogP) is 1.32. The molecule has 6 nitrogen and oxygen atoms in total. The van der Waals surface area contributed by atoms with Crippen LogP contribution in [0.5, 0.6) is 0 Å². The summed E-state index contributed by atoms with van der Waals surface area (Å²) >= 11 is 0. The van der Waals surface area contributed by atoms with Crippen LogP contribution in [-0.4, -0.2) is 28.2 Å². The fraction of sp³-hybridized carbons (Fsp3) is 0.333. The zero-order chi connectivity index (χ0) is 15.1. The second-order valence-electron chi connectivity index (χ2n) is 4.66. The minimum absolute atomic E-state index is 0.0592. The van der Waals surface area contributed by atoms with E-state index in [4.69, 9.17) is 5.84 Å². The van der Waals surface area contributed by atoms with Gasteiger partial charge in [-0.1, -0.05) is 37.3 Å². The Morgan fingerprint density at radius 1 is 1.24 bits per heavy atom. The standard InChI is InChI=1S/C15H21N5O/c1-2-13-17-14(19-16)10-15(18-13)20(8-9-21)11-12-6-4-3-5-7-12/h3-7,10,21H,2,8-9,11,16H2,1H3,(H,17,18,19). The van der Waals surface area contributed by atoms with Gasteiger partial charge in [-0.05, 0) is 5.56 Å². The Balaban J connectivity index is 2.28. The van der Waals surface area contributed by atoms with Crippen molar-refractivity contribution in [2.45, 2.75) is 19.9 Å². The lowest BCUT2D eigenvalue weighted by Crippen LogP contribution is -2.27. The van der Waals surface area contributed by atoms with Crippen molar-refractivity contribution in [1.29, 1.82) is 0 Å². The van der Waals surface area contributed by atoms with Gasteiger partial charge in [0.1, 0.15) is 17.5 Å². The van der Waals surface area contributed by atoms with E-state index in [-0.39, 0.29) is 6.61 Å². The molecular weight excluding hydrogens is 266 g/mol. The summed E-state index contributed by atoms with van der Waals surface area (Å²) in [4.78, 5) is 10.8. The van der Waals surface area contributed by atoms with Crippen LogP contribution in [0, 0.1) is 0 Å². The minimum Gasteiger partial charge on any atom is -0.395 e. The first-order valence-electron chi connectivity index (χ1n) is 7.01. The largest absolute Gasteiger partial charge is 0.395 e. The molecule has 0 atom stereocenters. The number of nitrogens with two attached hydrogens (primary N) is 1. The number of aryl methyl sites for hydroxylation is 1. The van der Waals surface area contributed by atoms with Gasteiger partial charge in [-0.25, -0.2) is 15.8 Å². The van der Waals surface area contributed by atoms with Crippen molar-refractivity contribution >= 4 is 11.6 Å². The summed E-state index contributed by atoms with van der Waals surface area (Å²) in [5, 5.41) is 9.30. The SMILES string of the molecule is CCc1nc(NN)cc(N(CCO)Cc2ccccc2)n1. The highest BCUT2D eigenvalue weighted by atomic mass is 16.3. The Hall–Kier alpha value is -2.18. The number of aliphatic hydroxyl groups is 1. The van der Waals surface area contributed by atoms with Crippen molar-refractivity contribution in [3.63, 3.8) is 0 Å². The van der Waals surface area contributed by atoms with Gasteiger partial charge in [-0.2, -0.15) is 0 Å². The molecule has 0 aliphatic rings. The normalized spacial score (nSPS) is 10.4. The summed E-state index contributed by atoms with van der Waals surface area (Å²) in [7, 11) is 0. The number of hydrogen-bond acceptors (Lipinski definition) is 6. The lowest BCUT2D eigenvalue weighted by molar-refractivity contribution is 0.301. The van der Waals surface area contributed by atoms with Gasteiger partial charge in [0.05, 0.1) is 6.61 Å².